The molecule has 1 aromatic rings. The van der Waals surface area contributed by atoms with Gasteiger partial charge in [0.25, 0.3) is 5.56 Å². The van der Waals surface area contributed by atoms with Crippen molar-refractivity contribution in [3.63, 3.8) is 0 Å². The van der Waals surface area contributed by atoms with E-state index in [4.69, 9.17) is 4.74 Å². The monoisotopic (exact) mass is 284 g/mol. The van der Waals surface area contributed by atoms with Crippen LogP contribution in [-0.4, -0.2) is 22.4 Å². The summed E-state index contributed by atoms with van der Waals surface area (Å²) in [7, 11) is 0. The van der Waals surface area contributed by atoms with Gasteiger partial charge in [0, 0.05) is 17.2 Å². The highest BCUT2D eigenvalue weighted by Gasteiger charge is 2.26. The maximum absolute atomic E-state index is 12.2. The van der Waals surface area contributed by atoms with Crippen molar-refractivity contribution in [1.29, 1.82) is 0 Å². The van der Waals surface area contributed by atoms with Crippen molar-refractivity contribution in [2.24, 2.45) is 0 Å². The average Bonchev–Trinajstić information content (AvgIpc) is 2.18. The first-order valence-corrected chi connectivity index (χ1v) is 6.50. The first-order valence-electron chi connectivity index (χ1n) is 6.06. The molecule has 6 heteroatoms. The van der Waals surface area contributed by atoms with Crippen LogP contribution >= 0.6 is 12.6 Å². The Balaban J connectivity index is 3.14. The van der Waals surface area contributed by atoms with Crippen LogP contribution in [0.1, 0.15) is 34.6 Å². The predicted molar refractivity (Wildman–Crippen MR) is 77.5 cm³/mol. The molecule has 1 heterocycles. The van der Waals surface area contributed by atoms with Crippen molar-refractivity contribution in [2.75, 3.05) is 5.01 Å². The molecule has 1 rings (SSSR count). The van der Waals surface area contributed by atoms with Crippen LogP contribution in [-0.2, 0) is 4.74 Å². The molecule has 0 atom stereocenters. The molecule has 0 bridgehead atoms. The molecule has 0 fully saturated rings. The highest BCUT2D eigenvalue weighted by Crippen LogP contribution is 2.11. The van der Waals surface area contributed by atoms with Crippen LogP contribution in [0.5, 0.6) is 0 Å². The normalized spacial score (nSPS) is 11.5. The summed E-state index contributed by atoms with van der Waals surface area (Å²) in [6, 6.07) is 2.78. The lowest BCUT2D eigenvalue weighted by molar-refractivity contribution is 0.0522. The maximum Gasteiger partial charge on any atom is 0.429 e. The van der Waals surface area contributed by atoms with E-state index in [0.29, 0.717) is 4.90 Å². The molecule has 0 aromatic carbocycles. The lowest BCUT2D eigenvalue weighted by atomic mass is 10.2. The minimum Gasteiger partial charge on any atom is -0.442 e. The van der Waals surface area contributed by atoms with Gasteiger partial charge in [-0.2, -0.15) is 0 Å². The van der Waals surface area contributed by atoms with Crippen LogP contribution in [0.4, 0.5) is 4.79 Å². The topological polar surface area (TPSA) is 51.5 Å². The van der Waals surface area contributed by atoms with E-state index >= 15 is 0 Å². The van der Waals surface area contributed by atoms with E-state index in [-0.39, 0.29) is 11.6 Å². The van der Waals surface area contributed by atoms with E-state index in [0.717, 1.165) is 0 Å². The van der Waals surface area contributed by atoms with Gasteiger partial charge in [-0.05, 0) is 40.7 Å². The number of thiol groups is 1. The summed E-state index contributed by atoms with van der Waals surface area (Å²) in [6.45, 7) is 8.96. The first-order chi connectivity index (χ1) is 8.61. The second-order valence-electron chi connectivity index (χ2n) is 5.49. The third kappa shape index (κ3) is 4.31. The van der Waals surface area contributed by atoms with Gasteiger partial charge in [0.05, 0.1) is 6.04 Å². The lowest BCUT2D eigenvalue weighted by Crippen LogP contribution is -2.51. The van der Waals surface area contributed by atoms with E-state index in [1.807, 2.05) is 13.8 Å². The Bertz CT molecular complexity index is 517. The van der Waals surface area contributed by atoms with Gasteiger partial charge in [0.2, 0.25) is 0 Å². The molecule has 0 N–H and O–H groups in total. The smallest absolute Gasteiger partial charge is 0.429 e. The van der Waals surface area contributed by atoms with Gasteiger partial charge in [-0.3, -0.25) is 4.79 Å². The summed E-state index contributed by atoms with van der Waals surface area (Å²) in [5, 5.41) is 1.28. The number of amides is 1. The summed E-state index contributed by atoms with van der Waals surface area (Å²) in [6.07, 6.45) is 0.950. The Labute approximate surface area is 118 Å². The second-order valence-corrected chi connectivity index (χ2v) is 6.00. The fourth-order valence-corrected chi connectivity index (χ4v) is 1.67. The fourth-order valence-electron chi connectivity index (χ4n) is 1.50. The van der Waals surface area contributed by atoms with Crippen LogP contribution in [0, 0.1) is 0 Å². The molecule has 5 nitrogen and oxygen atoms in total. The standard InChI is InChI=1S/C13H20N2O3S/c1-9(2)15(12(17)18-13(3,4)5)14-7-6-10(19)8-11(14)16/h6-9,19H,1-5H3. The molecule has 0 radical (unpaired) electrons. The largest absolute Gasteiger partial charge is 0.442 e. The summed E-state index contributed by atoms with van der Waals surface area (Å²) in [5.74, 6) is 0. The third-order valence-corrected chi connectivity index (χ3v) is 2.46. The number of hydrogen-bond acceptors (Lipinski definition) is 4. The molecule has 0 saturated heterocycles. The molecule has 0 aliphatic carbocycles. The van der Waals surface area contributed by atoms with Crippen molar-refractivity contribution in [3.8, 4) is 0 Å². The number of carbonyl (C=O) groups excluding carboxylic acids is 1. The lowest BCUT2D eigenvalue weighted by Gasteiger charge is -2.30. The molecule has 1 amide bonds. The quantitative estimate of drug-likeness (QED) is 0.849. The Hall–Kier alpha value is -1.43. The Morgan fingerprint density at radius 2 is 2.00 bits per heavy atom. The summed E-state index contributed by atoms with van der Waals surface area (Å²) in [4.78, 5) is 24.6. The van der Waals surface area contributed by atoms with Crippen molar-refractivity contribution in [2.45, 2.75) is 51.2 Å². The van der Waals surface area contributed by atoms with Crippen LogP contribution in [0.25, 0.3) is 0 Å². The Kier molecular flexibility index (Phi) is 4.68. The van der Waals surface area contributed by atoms with Crippen LogP contribution in [0.2, 0.25) is 0 Å². The highest BCUT2D eigenvalue weighted by molar-refractivity contribution is 7.80. The van der Waals surface area contributed by atoms with Crippen molar-refractivity contribution >= 4 is 18.7 Å². The van der Waals surface area contributed by atoms with Gasteiger partial charge in [-0.25, -0.2) is 14.5 Å². The second kappa shape index (κ2) is 5.69. The third-order valence-electron chi connectivity index (χ3n) is 2.19. The Morgan fingerprint density at radius 1 is 1.42 bits per heavy atom. The van der Waals surface area contributed by atoms with Gasteiger partial charge in [0.15, 0.2) is 0 Å². The molecule has 0 aliphatic heterocycles. The number of hydrogen-bond donors (Lipinski definition) is 1. The number of rotatable bonds is 2. The zero-order chi connectivity index (χ0) is 14.8. The number of nitrogens with zero attached hydrogens (tertiary/aromatic N) is 2. The highest BCUT2D eigenvalue weighted by atomic mass is 32.1. The number of carbonyl (C=O) groups is 1. The van der Waals surface area contributed by atoms with E-state index in [1.165, 1.54) is 21.9 Å². The van der Waals surface area contributed by atoms with Gasteiger partial charge >= 0.3 is 6.09 Å². The van der Waals surface area contributed by atoms with Crippen molar-refractivity contribution < 1.29 is 9.53 Å². The number of aromatic nitrogens is 1. The number of ether oxygens (including phenoxy) is 1. The van der Waals surface area contributed by atoms with E-state index in [2.05, 4.69) is 12.6 Å². The first kappa shape index (κ1) is 15.6. The van der Waals surface area contributed by atoms with E-state index < -0.39 is 11.7 Å². The SMILES string of the molecule is CC(C)N(C(=O)OC(C)(C)C)n1ccc(S)cc1=O. The molecular formula is C13H20N2O3S. The molecule has 0 aliphatic rings. The molecule has 106 valence electrons. The van der Waals surface area contributed by atoms with E-state index in [9.17, 15) is 9.59 Å². The summed E-state index contributed by atoms with van der Waals surface area (Å²) >= 11 is 4.09. The summed E-state index contributed by atoms with van der Waals surface area (Å²) < 4.78 is 6.54. The fraction of sp³-hybridized carbons (Fsp3) is 0.538. The molecule has 0 spiro atoms. The summed E-state index contributed by atoms with van der Waals surface area (Å²) in [5.41, 5.74) is -0.941. The number of pyridine rings is 1. The molecule has 19 heavy (non-hydrogen) atoms. The van der Waals surface area contributed by atoms with Crippen molar-refractivity contribution in [3.05, 3.63) is 28.7 Å². The van der Waals surface area contributed by atoms with Crippen LogP contribution in [0.15, 0.2) is 28.0 Å². The van der Waals surface area contributed by atoms with Gasteiger partial charge in [0.1, 0.15) is 5.60 Å². The van der Waals surface area contributed by atoms with Gasteiger partial charge in [-0.1, -0.05) is 0 Å². The van der Waals surface area contributed by atoms with E-state index in [1.54, 1.807) is 26.8 Å². The molecule has 1 aromatic heterocycles. The molecular weight excluding hydrogens is 264 g/mol. The zero-order valence-electron chi connectivity index (χ0n) is 11.9. The predicted octanol–water partition coefficient (Wildman–Crippen LogP) is 2.42. The minimum atomic E-state index is -0.614. The average molecular weight is 284 g/mol. The molecule has 0 unspecified atom stereocenters. The van der Waals surface area contributed by atoms with Gasteiger partial charge in [-0.15, -0.1) is 12.6 Å². The van der Waals surface area contributed by atoms with Crippen LogP contribution in [0.3, 0.4) is 0 Å². The zero-order valence-corrected chi connectivity index (χ0v) is 12.8. The minimum absolute atomic E-state index is 0.210. The molecule has 0 saturated carbocycles. The van der Waals surface area contributed by atoms with Crippen LogP contribution < -0.4 is 10.6 Å². The maximum atomic E-state index is 12.2. The Morgan fingerprint density at radius 3 is 2.42 bits per heavy atom. The van der Waals surface area contributed by atoms with Crippen molar-refractivity contribution in [1.82, 2.24) is 4.68 Å². The van der Waals surface area contributed by atoms with Gasteiger partial charge < -0.3 is 4.74 Å².